The lowest BCUT2D eigenvalue weighted by Gasteiger charge is -2.32. The predicted molar refractivity (Wildman–Crippen MR) is 107 cm³/mol. The Hall–Kier alpha value is -2.16. The highest BCUT2D eigenvalue weighted by Crippen LogP contribution is 2.23. The number of carboxylic acid groups (broad SMARTS) is 1. The van der Waals surface area contributed by atoms with Crippen molar-refractivity contribution in [1.82, 2.24) is 15.1 Å². The molecule has 9 nitrogen and oxygen atoms in total. The molecule has 0 aromatic rings. The third-order valence-electron chi connectivity index (χ3n) is 5.89. The van der Waals surface area contributed by atoms with Gasteiger partial charge in [-0.3, -0.25) is 14.4 Å². The van der Waals surface area contributed by atoms with Crippen LogP contribution in [0.2, 0.25) is 0 Å². The topological polar surface area (TPSA) is 133 Å². The fraction of sp³-hybridized carbons (Fsp3) is 0.800. The molecule has 0 aromatic carbocycles. The van der Waals surface area contributed by atoms with Gasteiger partial charge in [0.05, 0.1) is 6.04 Å². The van der Waals surface area contributed by atoms with E-state index in [2.05, 4.69) is 5.32 Å². The Balaban J connectivity index is 2.11. The molecule has 3 amide bonds. The first-order valence-corrected chi connectivity index (χ1v) is 10.5. The molecule has 0 spiro atoms. The maximum Gasteiger partial charge on any atom is 0.326 e. The van der Waals surface area contributed by atoms with Crippen LogP contribution in [0.25, 0.3) is 0 Å². The van der Waals surface area contributed by atoms with E-state index in [1.807, 2.05) is 13.8 Å². The van der Waals surface area contributed by atoms with Gasteiger partial charge in [-0.1, -0.05) is 27.7 Å². The maximum absolute atomic E-state index is 13.0. The van der Waals surface area contributed by atoms with Crippen molar-refractivity contribution in [1.29, 1.82) is 0 Å². The highest BCUT2D eigenvalue weighted by atomic mass is 16.4. The van der Waals surface area contributed by atoms with Crippen LogP contribution in [0.1, 0.15) is 53.4 Å². The number of rotatable bonds is 7. The molecular weight excluding hydrogens is 376 g/mol. The first-order valence-electron chi connectivity index (χ1n) is 10.5. The number of carbonyl (C=O) groups is 4. The number of nitrogens with zero attached hydrogens (tertiary/aromatic N) is 2. The molecule has 2 fully saturated rings. The van der Waals surface area contributed by atoms with Crippen LogP contribution in [0, 0.1) is 11.8 Å². The Labute approximate surface area is 172 Å². The van der Waals surface area contributed by atoms with Crippen molar-refractivity contribution < 1.29 is 24.3 Å². The summed E-state index contributed by atoms with van der Waals surface area (Å²) in [6, 6.07) is -3.02. The fourth-order valence-electron chi connectivity index (χ4n) is 4.01. The van der Waals surface area contributed by atoms with E-state index >= 15 is 0 Å². The standard InChI is InChI=1S/C20H34N4O5/c1-11(2)15(21)18(26)23-9-5-7-13(23)17(25)22-16(12(3)4)19(27)24-10-6-8-14(24)20(28)29/h11-16H,5-10,21H2,1-4H3,(H,22,25)(H,28,29). The molecule has 0 aromatic heterocycles. The van der Waals surface area contributed by atoms with Crippen LogP contribution in [0.4, 0.5) is 0 Å². The quantitative estimate of drug-likeness (QED) is 0.548. The van der Waals surface area contributed by atoms with E-state index in [1.54, 1.807) is 13.8 Å². The molecule has 0 radical (unpaired) electrons. The average Bonchev–Trinajstić information content (AvgIpc) is 3.32. The number of amides is 3. The Morgan fingerprint density at radius 2 is 1.41 bits per heavy atom. The van der Waals surface area contributed by atoms with Gasteiger partial charge in [0.25, 0.3) is 0 Å². The van der Waals surface area contributed by atoms with Crippen LogP contribution in [0.3, 0.4) is 0 Å². The summed E-state index contributed by atoms with van der Waals surface area (Å²) in [5, 5.41) is 12.2. The third-order valence-corrected chi connectivity index (χ3v) is 5.89. The molecule has 9 heteroatoms. The van der Waals surface area contributed by atoms with E-state index in [1.165, 1.54) is 9.80 Å². The lowest BCUT2D eigenvalue weighted by atomic mass is 10.0. The zero-order valence-electron chi connectivity index (χ0n) is 17.8. The maximum atomic E-state index is 13.0. The first kappa shape index (κ1) is 23.1. The van der Waals surface area contributed by atoms with E-state index in [0.29, 0.717) is 38.8 Å². The molecule has 4 atom stereocenters. The van der Waals surface area contributed by atoms with Crippen molar-refractivity contribution in [2.75, 3.05) is 13.1 Å². The summed E-state index contributed by atoms with van der Waals surface area (Å²) in [5.74, 6) is -2.31. The molecule has 0 aliphatic carbocycles. The van der Waals surface area contributed by atoms with E-state index in [9.17, 15) is 24.3 Å². The molecule has 4 N–H and O–H groups in total. The second-order valence-corrected chi connectivity index (χ2v) is 8.72. The molecule has 2 saturated heterocycles. The molecule has 0 bridgehead atoms. The lowest BCUT2D eigenvalue weighted by Crippen LogP contribution is -2.58. The SMILES string of the molecule is CC(C)C(N)C(=O)N1CCCC1C(=O)NC(C(=O)N1CCCC1C(=O)O)C(C)C. The highest BCUT2D eigenvalue weighted by molar-refractivity contribution is 5.94. The number of nitrogens with one attached hydrogen (secondary N) is 1. The van der Waals surface area contributed by atoms with Gasteiger partial charge in [0, 0.05) is 13.1 Å². The van der Waals surface area contributed by atoms with Crippen molar-refractivity contribution in [3.8, 4) is 0 Å². The fourth-order valence-corrected chi connectivity index (χ4v) is 4.01. The van der Waals surface area contributed by atoms with Crippen molar-refractivity contribution >= 4 is 23.7 Å². The smallest absolute Gasteiger partial charge is 0.326 e. The largest absolute Gasteiger partial charge is 0.480 e. The minimum atomic E-state index is -1.03. The summed E-state index contributed by atoms with van der Waals surface area (Å²) in [6.07, 6.45) is 2.25. The Bertz CT molecular complexity index is 651. The molecule has 2 aliphatic heterocycles. The van der Waals surface area contributed by atoms with Crippen molar-refractivity contribution in [3.05, 3.63) is 0 Å². The summed E-state index contributed by atoms with van der Waals surface area (Å²) < 4.78 is 0. The minimum Gasteiger partial charge on any atom is -0.480 e. The summed E-state index contributed by atoms with van der Waals surface area (Å²) in [6.45, 7) is 8.16. The molecule has 0 saturated carbocycles. The number of aliphatic carboxylic acids is 1. The zero-order chi connectivity index (χ0) is 21.9. The number of carbonyl (C=O) groups excluding carboxylic acids is 3. The van der Waals surface area contributed by atoms with Crippen LogP contribution < -0.4 is 11.1 Å². The molecule has 29 heavy (non-hydrogen) atoms. The number of nitrogens with two attached hydrogens (primary N) is 1. The normalized spacial score (nSPS) is 24.1. The van der Waals surface area contributed by atoms with Gasteiger partial charge in [0.1, 0.15) is 18.1 Å². The molecular formula is C20H34N4O5. The van der Waals surface area contributed by atoms with E-state index in [0.717, 1.165) is 0 Å². The molecule has 2 rings (SSSR count). The number of likely N-dealkylation sites (tertiary alicyclic amines) is 2. The molecule has 164 valence electrons. The van der Waals surface area contributed by atoms with Gasteiger partial charge in [-0.05, 0) is 37.5 Å². The van der Waals surface area contributed by atoms with Gasteiger partial charge in [0.15, 0.2) is 0 Å². The van der Waals surface area contributed by atoms with Crippen molar-refractivity contribution in [2.24, 2.45) is 17.6 Å². The van der Waals surface area contributed by atoms with Gasteiger partial charge in [-0.25, -0.2) is 4.79 Å². The van der Waals surface area contributed by atoms with E-state index in [4.69, 9.17) is 5.73 Å². The summed E-state index contributed by atoms with van der Waals surface area (Å²) in [4.78, 5) is 52.9. The Kier molecular flexibility index (Phi) is 7.62. The molecule has 4 unspecified atom stereocenters. The van der Waals surface area contributed by atoms with E-state index in [-0.39, 0.29) is 29.6 Å². The first-order chi connectivity index (χ1) is 13.6. The highest BCUT2D eigenvalue weighted by Gasteiger charge is 2.41. The Morgan fingerprint density at radius 3 is 1.90 bits per heavy atom. The van der Waals surface area contributed by atoms with Gasteiger partial charge >= 0.3 is 5.97 Å². The summed E-state index contributed by atoms with van der Waals surface area (Å²) in [7, 11) is 0. The van der Waals surface area contributed by atoms with Crippen LogP contribution in [0.5, 0.6) is 0 Å². The van der Waals surface area contributed by atoms with Gasteiger partial charge in [0.2, 0.25) is 17.7 Å². The van der Waals surface area contributed by atoms with Crippen molar-refractivity contribution in [3.63, 3.8) is 0 Å². The zero-order valence-corrected chi connectivity index (χ0v) is 17.8. The Morgan fingerprint density at radius 1 is 0.897 bits per heavy atom. The second-order valence-electron chi connectivity index (χ2n) is 8.72. The minimum absolute atomic E-state index is 0.0417. The number of carboxylic acids is 1. The molecule has 2 aliphatic rings. The van der Waals surface area contributed by atoms with E-state index < -0.39 is 30.1 Å². The summed E-state index contributed by atoms with van der Waals surface area (Å²) >= 11 is 0. The predicted octanol–water partition coefficient (Wildman–Crippen LogP) is 0.177. The van der Waals surface area contributed by atoms with Crippen molar-refractivity contribution in [2.45, 2.75) is 77.5 Å². The van der Waals surface area contributed by atoms with Crippen LogP contribution in [-0.4, -0.2) is 75.9 Å². The molecule has 2 heterocycles. The number of hydrogen-bond donors (Lipinski definition) is 3. The summed E-state index contributed by atoms with van der Waals surface area (Å²) in [5.41, 5.74) is 5.99. The van der Waals surface area contributed by atoms with Crippen LogP contribution in [0.15, 0.2) is 0 Å². The number of hydrogen-bond acceptors (Lipinski definition) is 5. The average molecular weight is 411 g/mol. The second kappa shape index (κ2) is 9.56. The van der Waals surface area contributed by atoms with Crippen LogP contribution >= 0.6 is 0 Å². The van der Waals surface area contributed by atoms with Gasteiger partial charge in [-0.2, -0.15) is 0 Å². The van der Waals surface area contributed by atoms with Gasteiger partial charge in [-0.15, -0.1) is 0 Å². The monoisotopic (exact) mass is 410 g/mol. The lowest BCUT2D eigenvalue weighted by molar-refractivity contribution is -0.150. The third kappa shape index (κ3) is 5.07. The van der Waals surface area contributed by atoms with Gasteiger partial charge < -0.3 is 26.0 Å². The van der Waals surface area contributed by atoms with Crippen LogP contribution in [-0.2, 0) is 19.2 Å².